The molecule has 0 aliphatic carbocycles. The molecule has 4 heteroatoms. The lowest BCUT2D eigenvalue weighted by molar-refractivity contribution is 0.478. The van der Waals surface area contributed by atoms with Crippen LogP contribution in [0.1, 0.15) is 33.3 Å². The van der Waals surface area contributed by atoms with Gasteiger partial charge in [0.1, 0.15) is 5.75 Å². The second kappa shape index (κ2) is 11.6. The summed E-state index contributed by atoms with van der Waals surface area (Å²) in [5.74, 6) is 0.151. The molecule has 25 heavy (non-hydrogen) atoms. The fraction of sp³-hybridized carbons (Fsp3) is 0.238. The van der Waals surface area contributed by atoms with E-state index in [9.17, 15) is 5.11 Å². The third-order valence-corrected chi connectivity index (χ3v) is 3.13. The van der Waals surface area contributed by atoms with Gasteiger partial charge < -0.3 is 22.3 Å². The van der Waals surface area contributed by atoms with Crippen molar-refractivity contribution in [3.8, 4) is 5.75 Å². The summed E-state index contributed by atoms with van der Waals surface area (Å²) in [6.07, 6.45) is 0. The Balaban J connectivity index is 0.000000414. The smallest absolute Gasteiger partial charge is 0.139 e. The summed E-state index contributed by atoms with van der Waals surface area (Å²) >= 11 is 0. The van der Waals surface area contributed by atoms with Gasteiger partial charge in [-0.2, -0.15) is 0 Å². The Morgan fingerprint density at radius 2 is 1.12 bits per heavy atom. The number of nitrogens with two attached hydrogens (primary N) is 3. The molecule has 0 fully saturated rings. The van der Waals surface area contributed by atoms with Crippen molar-refractivity contribution in [2.75, 3.05) is 17.2 Å². The summed E-state index contributed by atoms with van der Waals surface area (Å²) in [5.41, 5.74) is 19.6. The van der Waals surface area contributed by atoms with Crippen LogP contribution in [0.4, 0.5) is 17.1 Å². The van der Waals surface area contributed by atoms with Crippen LogP contribution in [0.25, 0.3) is 10.8 Å². The number of nitrogen functional groups attached to an aromatic ring is 3. The van der Waals surface area contributed by atoms with Gasteiger partial charge in [0.15, 0.2) is 0 Å². The van der Waals surface area contributed by atoms with Gasteiger partial charge in [0, 0.05) is 16.8 Å². The monoisotopic (exact) mass is 341 g/mol. The molecule has 3 aromatic rings. The van der Waals surface area contributed by atoms with Crippen LogP contribution >= 0.6 is 0 Å². The normalized spacial score (nSPS) is 8.84. The highest BCUT2D eigenvalue weighted by molar-refractivity contribution is 5.96. The number of fused-ring (bicyclic) bond motifs is 1. The predicted molar refractivity (Wildman–Crippen MR) is 113 cm³/mol. The first kappa shape index (κ1) is 22.1. The van der Waals surface area contributed by atoms with Crippen LogP contribution in [-0.2, 0) is 0 Å². The maximum atomic E-state index is 9.38. The number of anilines is 3. The van der Waals surface area contributed by atoms with Gasteiger partial charge in [0.25, 0.3) is 0 Å². The van der Waals surface area contributed by atoms with Crippen molar-refractivity contribution in [3.63, 3.8) is 0 Å². The minimum atomic E-state index is 0.151. The molecule has 0 heterocycles. The maximum Gasteiger partial charge on any atom is 0.139 e. The predicted octanol–water partition coefficient (Wildman–Crippen LogP) is 5.34. The van der Waals surface area contributed by atoms with Gasteiger partial charge in [-0.05, 0) is 48.7 Å². The molecule has 0 amide bonds. The Labute approximate surface area is 151 Å². The van der Waals surface area contributed by atoms with Gasteiger partial charge in [0.2, 0.25) is 0 Å². The van der Waals surface area contributed by atoms with Gasteiger partial charge in [0.05, 0.1) is 5.69 Å². The second-order valence-electron chi connectivity index (χ2n) is 4.89. The van der Waals surface area contributed by atoms with Gasteiger partial charge >= 0.3 is 0 Å². The average Bonchev–Trinajstić information content (AvgIpc) is 2.65. The minimum absolute atomic E-state index is 0.151. The Bertz CT molecular complexity index is 727. The van der Waals surface area contributed by atoms with Gasteiger partial charge in [-0.25, -0.2) is 0 Å². The highest BCUT2D eigenvalue weighted by atomic mass is 16.3. The lowest BCUT2D eigenvalue weighted by atomic mass is 10.1. The zero-order valence-corrected chi connectivity index (χ0v) is 15.9. The van der Waals surface area contributed by atoms with Crippen molar-refractivity contribution in [2.45, 2.75) is 34.6 Å². The summed E-state index contributed by atoms with van der Waals surface area (Å²) in [7, 11) is 0. The molecule has 0 spiro atoms. The fourth-order valence-electron chi connectivity index (χ4n) is 1.94. The highest BCUT2D eigenvalue weighted by Crippen LogP contribution is 2.29. The Morgan fingerprint density at radius 1 is 0.680 bits per heavy atom. The van der Waals surface area contributed by atoms with Gasteiger partial charge in [-0.1, -0.05) is 51.5 Å². The summed E-state index contributed by atoms with van der Waals surface area (Å²) in [5, 5.41) is 11.4. The first-order valence-electron chi connectivity index (χ1n) is 8.56. The molecular weight excluding hydrogens is 310 g/mol. The molecule has 0 aliphatic heterocycles. The van der Waals surface area contributed by atoms with Gasteiger partial charge in [-0.3, -0.25) is 0 Å². The first-order chi connectivity index (χ1) is 12.0. The van der Waals surface area contributed by atoms with Crippen LogP contribution < -0.4 is 17.2 Å². The quantitative estimate of drug-likeness (QED) is 0.327. The van der Waals surface area contributed by atoms with Crippen molar-refractivity contribution in [2.24, 2.45) is 0 Å². The third-order valence-electron chi connectivity index (χ3n) is 3.13. The van der Waals surface area contributed by atoms with E-state index < -0.39 is 0 Å². The Morgan fingerprint density at radius 3 is 1.60 bits per heavy atom. The molecule has 3 rings (SSSR count). The molecule has 0 saturated heterocycles. The molecule has 3 aromatic carbocycles. The third kappa shape index (κ3) is 7.04. The van der Waals surface area contributed by atoms with E-state index in [1.807, 2.05) is 58.9 Å². The van der Waals surface area contributed by atoms with Crippen molar-refractivity contribution in [1.29, 1.82) is 0 Å². The van der Waals surface area contributed by atoms with Crippen molar-refractivity contribution in [3.05, 3.63) is 60.2 Å². The summed E-state index contributed by atoms with van der Waals surface area (Å²) in [6.45, 7) is 10.0. The molecule has 0 atom stereocenters. The number of hydrogen-bond donors (Lipinski definition) is 4. The van der Waals surface area contributed by atoms with E-state index in [2.05, 4.69) is 0 Å². The number of benzene rings is 3. The van der Waals surface area contributed by atoms with Gasteiger partial charge in [-0.15, -0.1) is 0 Å². The van der Waals surface area contributed by atoms with Crippen molar-refractivity contribution < 1.29 is 5.11 Å². The zero-order chi connectivity index (χ0) is 19.4. The molecular formula is C21H31N3O. The largest absolute Gasteiger partial charge is 0.506 e. The number of aromatic hydroxyl groups is 1. The number of hydrogen-bond acceptors (Lipinski definition) is 4. The maximum absolute atomic E-state index is 9.38. The van der Waals surface area contributed by atoms with Crippen LogP contribution in [0, 0.1) is 6.92 Å². The fourth-order valence-corrected chi connectivity index (χ4v) is 1.94. The Hall–Kier alpha value is -2.88. The van der Waals surface area contributed by atoms with E-state index in [4.69, 9.17) is 17.2 Å². The minimum Gasteiger partial charge on any atom is -0.506 e. The van der Waals surface area contributed by atoms with Crippen LogP contribution in [0.2, 0.25) is 0 Å². The van der Waals surface area contributed by atoms with Crippen LogP contribution in [0.15, 0.2) is 54.6 Å². The number of phenolic OH excluding ortho intramolecular Hbond substituents is 1. The van der Waals surface area contributed by atoms with Crippen LogP contribution in [-0.4, -0.2) is 5.11 Å². The standard InChI is InChI=1S/C11H11NO.C6H8N2.2C2H6/c1-7-2-3-8-4-5-10(13)11(12)9(8)6-7;7-5-1-2-6(8)4-3-5;2*1-2/h2-6,13H,12H2,1H3;1-4H,7-8H2;2*1-2H3. The van der Waals surface area contributed by atoms with Crippen molar-refractivity contribution in [1.82, 2.24) is 0 Å². The topological polar surface area (TPSA) is 98.3 Å². The van der Waals surface area contributed by atoms with Crippen LogP contribution in [0.5, 0.6) is 5.75 Å². The highest BCUT2D eigenvalue weighted by Gasteiger charge is 2.02. The zero-order valence-electron chi connectivity index (χ0n) is 15.9. The Kier molecular flexibility index (Phi) is 10.3. The van der Waals surface area contributed by atoms with E-state index >= 15 is 0 Å². The van der Waals surface area contributed by atoms with E-state index in [0.29, 0.717) is 5.69 Å². The summed E-state index contributed by atoms with van der Waals surface area (Å²) in [4.78, 5) is 0. The molecule has 7 N–H and O–H groups in total. The molecule has 136 valence electrons. The SMILES string of the molecule is CC.CC.Cc1ccc2ccc(O)c(N)c2c1.Nc1ccc(N)cc1. The lowest BCUT2D eigenvalue weighted by Gasteiger charge is -2.04. The number of aryl methyl sites for hydroxylation is 1. The number of rotatable bonds is 0. The van der Waals surface area contributed by atoms with E-state index in [1.165, 1.54) is 0 Å². The van der Waals surface area contributed by atoms with Crippen LogP contribution in [0.3, 0.4) is 0 Å². The molecule has 0 aromatic heterocycles. The average molecular weight is 341 g/mol. The van der Waals surface area contributed by atoms with E-state index in [1.54, 1.807) is 30.3 Å². The molecule has 0 saturated carbocycles. The first-order valence-corrected chi connectivity index (χ1v) is 8.56. The molecule has 0 bridgehead atoms. The van der Waals surface area contributed by atoms with E-state index in [0.717, 1.165) is 27.7 Å². The molecule has 0 radical (unpaired) electrons. The summed E-state index contributed by atoms with van der Waals surface area (Å²) in [6, 6.07) is 16.6. The second-order valence-corrected chi connectivity index (χ2v) is 4.89. The van der Waals surface area contributed by atoms with E-state index in [-0.39, 0.29) is 5.75 Å². The summed E-state index contributed by atoms with van der Waals surface area (Å²) < 4.78 is 0. The molecule has 0 aliphatic rings. The van der Waals surface area contributed by atoms with Crippen molar-refractivity contribution >= 4 is 27.8 Å². The molecule has 0 unspecified atom stereocenters. The number of phenols is 1. The molecule has 4 nitrogen and oxygen atoms in total. The lowest BCUT2D eigenvalue weighted by Crippen LogP contribution is -1.88.